The van der Waals surface area contributed by atoms with Crippen molar-refractivity contribution in [3.8, 4) is 0 Å². The van der Waals surface area contributed by atoms with Crippen LogP contribution in [0.3, 0.4) is 0 Å². The Labute approximate surface area is 82.8 Å². The minimum absolute atomic E-state index is 0.0281. The molecule has 0 amide bonds. The first-order valence-electron chi connectivity index (χ1n) is 4.98. The lowest BCUT2D eigenvalue weighted by Gasteiger charge is -2.29. The third-order valence-electron chi connectivity index (χ3n) is 3.50. The topological polar surface area (TPSA) is 54.4 Å². The van der Waals surface area contributed by atoms with Gasteiger partial charge in [-0.15, -0.1) is 0 Å². The maximum atomic E-state index is 11.7. The number of hydrogen-bond donors (Lipinski definition) is 1. The summed E-state index contributed by atoms with van der Waals surface area (Å²) in [5.41, 5.74) is 0.552. The van der Waals surface area contributed by atoms with Crippen molar-refractivity contribution in [3.05, 3.63) is 11.6 Å². The summed E-state index contributed by atoms with van der Waals surface area (Å²) in [5, 5.41) is 8.80. The number of carboxylic acid groups (broad SMARTS) is 1. The zero-order valence-electron chi connectivity index (χ0n) is 8.25. The van der Waals surface area contributed by atoms with E-state index in [1.807, 2.05) is 13.0 Å². The Kier molecular flexibility index (Phi) is 1.98. The number of fused-ring (bicyclic) bond motifs is 2. The van der Waals surface area contributed by atoms with Gasteiger partial charge in [0.25, 0.3) is 0 Å². The van der Waals surface area contributed by atoms with Gasteiger partial charge in [-0.1, -0.05) is 11.6 Å². The van der Waals surface area contributed by atoms with Crippen molar-refractivity contribution in [2.75, 3.05) is 0 Å². The molecular weight excluding hydrogens is 180 g/mol. The van der Waals surface area contributed by atoms with E-state index in [0.717, 1.165) is 12.8 Å². The van der Waals surface area contributed by atoms with Gasteiger partial charge in [0.05, 0.1) is 11.8 Å². The minimum atomic E-state index is -0.870. The molecule has 2 aliphatic carbocycles. The van der Waals surface area contributed by atoms with Crippen LogP contribution < -0.4 is 0 Å². The molecule has 14 heavy (non-hydrogen) atoms. The summed E-state index contributed by atoms with van der Waals surface area (Å²) in [6.07, 6.45) is 4.05. The van der Waals surface area contributed by atoms with E-state index in [1.54, 1.807) is 0 Å². The molecule has 2 rings (SSSR count). The summed E-state index contributed by atoms with van der Waals surface area (Å²) in [7, 11) is 0. The van der Waals surface area contributed by atoms with Crippen LogP contribution in [-0.4, -0.2) is 16.9 Å². The van der Waals surface area contributed by atoms with Crippen molar-refractivity contribution in [2.45, 2.75) is 32.6 Å². The largest absolute Gasteiger partial charge is 0.481 e. The van der Waals surface area contributed by atoms with Gasteiger partial charge in [-0.05, 0) is 25.7 Å². The van der Waals surface area contributed by atoms with Crippen LogP contribution in [0.25, 0.3) is 0 Å². The van der Waals surface area contributed by atoms with Crippen molar-refractivity contribution >= 4 is 11.8 Å². The summed E-state index contributed by atoms with van der Waals surface area (Å²) in [4.78, 5) is 22.5. The quantitative estimate of drug-likeness (QED) is 0.681. The summed E-state index contributed by atoms with van der Waals surface area (Å²) in [6, 6.07) is 0. The lowest BCUT2D eigenvalue weighted by Crippen LogP contribution is -2.34. The molecule has 1 N–H and O–H groups in total. The second-order valence-electron chi connectivity index (χ2n) is 4.48. The van der Waals surface area contributed by atoms with E-state index in [9.17, 15) is 9.59 Å². The number of carbonyl (C=O) groups is 2. The fourth-order valence-electron chi connectivity index (χ4n) is 2.78. The predicted molar refractivity (Wildman–Crippen MR) is 50.8 cm³/mol. The van der Waals surface area contributed by atoms with Crippen molar-refractivity contribution in [1.29, 1.82) is 0 Å². The first-order valence-corrected chi connectivity index (χ1v) is 4.98. The van der Waals surface area contributed by atoms with Gasteiger partial charge in [-0.3, -0.25) is 9.59 Å². The van der Waals surface area contributed by atoms with Gasteiger partial charge in [0.15, 0.2) is 0 Å². The normalized spacial score (nSPS) is 35.6. The highest BCUT2D eigenvalue weighted by molar-refractivity contribution is 5.92. The fourth-order valence-corrected chi connectivity index (χ4v) is 2.78. The van der Waals surface area contributed by atoms with E-state index < -0.39 is 11.4 Å². The molecule has 3 nitrogen and oxygen atoms in total. The molecule has 0 saturated heterocycles. The minimum Gasteiger partial charge on any atom is -0.481 e. The van der Waals surface area contributed by atoms with Gasteiger partial charge in [0, 0.05) is 6.42 Å². The Balaban J connectivity index is 2.32. The standard InChI is InChI=1S/C11H14O3/c1-7-4-11(6-10(13)14)5-8(7)2-3-9(11)12/h4,8H,2-3,5-6H2,1H3,(H,13,14). The molecule has 2 unspecified atom stereocenters. The van der Waals surface area contributed by atoms with Gasteiger partial charge < -0.3 is 5.11 Å². The predicted octanol–water partition coefficient (Wildman–Crippen LogP) is 1.78. The average molecular weight is 194 g/mol. The Morgan fingerprint density at radius 1 is 1.71 bits per heavy atom. The van der Waals surface area contributed by atoms with Gasteiger partial charge >= 0.3 is 5.97 Å². The maximum absolute atomic E-state index is 11.7. The highest BCUT2D eigenvalue weighted by Gasteiger charge is 2.47. The van der Waals surface area contributed by atoms with Crippen LogP contribution in [0.4, 0.5) is 0 Å². The molecule has 0 aromatic heterocycles. The molecule has 2 bridgehead atoms. The number of rotatable bonds is 2. The van der Waals surface area contributed by atoms with E-state index in [2.05, 4.69) is 0 Å². The lowest BCUT2D eigenvalue weighted by atomic mass is 9.72. The summed E-state index contributed by atoms with van der Waals surface area (Å²) in [6.45, 7) is 2.01. The Morgan fingerprint density at radius 2 is 2.43 bits per heavy atom. The first-order chi connectivity index (χ1) is 6.53. The summed E-state index contributed by atoms with van der Waals surface area (Å²) >= 11 is 0. The van der Waals surface area contributed by atoms with Gasteiger partial charge in [0.2, 0.25) is 0 Å². The SMILES string of the molecule is CC1=CC2(CC(=O)O)CC1CCC2=O. The number of hydrogen-bond acceptors (Lipinski definition) is 2. The van der Waals surface area contributed by atoms with Crippen LogP contribution >= 0.6 is 0 Å². The maximum Gasteiger partial charge on any atom is 0.304 e. The van der Waals surface area contributed by atoms with E-state index in [-0.39, 0.29) is 12.2 Å². The number of carbonyl (C=O) groups excluding carboxylic acids is 1. The second kappa shape index (κ2) is 2.94. The van der Waals surface area contributed by atoms with Gasteiger partial charge in [-0.25, -0.2) is 0 Å². The molecule has 1 fully saturated rings. The average Bonchev–Trinajstić information content (AvgIpc) is 2.33. The van der Waals surface area contributed by atoms with Crippen LogP contribution in [0, 0.1) is 11.3 Å². The zero-order chi connectivity index (χ0) is 10.3. The molecule has 0 aromatic rings. The van der Waals surface area contributed by atoms with Crippen molar-refractivity contribution < 1.29 is 14.7 Å². The molecule has 2 atom stereocenters. The molecule has 0 aromatic carbocycles. The van der Waals surface area contributed by atoms with Crippen molar-refractivity contribution in [2.24, 2.45) is 11.3 Å². The lowest BCUT2D eigenvalue weighted by molar-refractivity contribution is -0.144. The highest BCUT2D eigenvalue weighted by Crippen LogP contribution is 2.49. The van der Waals surface area contributed by atoms with Crippen molar-refractivity contribution in [1.82, 2.24) is 0 Å². The number of carboxylic acids is 1. The Bertz CT molecular complexity index is 329. The van der Waals surface area contributed by atoms with Crippen LogP contribution in [-0.2, 0) is 9.59 Å². The molecule has 2 aliphatic rings. The van der Waals surface area contributed by atoms with Gasteiger partial charge in [0.1, 0.15) is 5.78 Å². The number of allylic oxidation sites excluding steroid dienone is 2. The third kappa shape index (κ3) is 1.27. The molecule has 0 heterocycles. The molecule has 1 saturated carbocycles. The summed E-state index contributed by atoms with van der Waals surface area (Å²) in [5.74, 6) is -0.301. The zero-order valence-corrected chi connectivity index (χ0v) is 8.25. The summed E-state index contributed by atoms with van der Waals surface area (Å²) < 4.78 is 0. The van der Waals surface area contributed by atoms with Crippen LogP contribution in [0.1, 0.15) is 32.6 Å². The molecule has 3 heteroatoms. The Morgan fingerprint density at radius 3 is 3.07 bits per heavy atom. The third-order valence-corrected chi connectivity index (χ3v) is 3.50. The van der Waals surface area contributed by atoms with Crippen LogP contribution in [0.5, 0.6) is 0 Å². The molecule has 0 spiro atoms. The monoisotopic (exact) mass is 194 g/mol. The van der Waals surface area contributed by atoms with E-state index in [4.69, 9.17) is 5.11 Å². The number of ketones is 1. The Hall–Kier alpha value is -1.12. The first kappa shape index (κ1) is 9.44. The van der Waals surface area contributed by atoms with Crippen molar-refractivity contribution in [3.63, 3.8) is 0 Å². The van der Waals surface area contributed by atoms with Crippen LogP contribution in [0.15, 0.2) is 11.6 Å². The fraction of sp³-hybridized carbons (Fsp3) is 0.636. The number of Topliss-reactive ketones (excluding diaryl/α,β-unsaturated/α-hetero) is 1. The van der Waals surface area contributed by atoms with Crippen LogP contribution in [0.2, 0.25) is 0 Å². The molecule has 76 valence electrons. The van der Waals surface area contributed by atoms with Gasteiger partial charge in [-0.2, -0.15) is 0 Å². The van der Waals surface area contributed by atoms with E-state index >= 15 is 0 Å². The van der Waals surface area contributed by atoms with E-state index in [0.29, 0.717) is 12.3 Å². The number of aliphatic carboxylic acids is 1. The second-order valence-corrected chi connectivity index (χ2v) is 4.48. The molecule has 0 aliphatic heterocycles. The smallest absolute Gasteiger partial charge is 0.304 e. The molecular formula is C11H14O3. The highest BCUT2D eigenvalue weighted by atomic mass is 16.4. The molecule has 0 radical (unpaired) electrons. The van der Waals surface area contributed by atoms with E-state index in [1.165, 1.54) is 5.57 Å².